The number of nitrogens with two attached hydrogens (primary N) is 1. The van der Waals surface area contributed by atoms with Crippen molar-refractivity contribution in [1.82, 2.24) is 9.97 Å². The fraction of sp³-hybridized carbons (Fsp3) is 0.133. The molecule has 0 aliphatic carbocycles. The number of carbonyl (C=O) groups is 1. The van der Waals surface area contributed by atoms with Crippen molar-refractivity contribution in [3.8, 4) is 11.1 Å². The Morgan fingerprint density at radius 1 is 1.32 bits per heavy atom. The van der Waals surface area contributed by atoms with Gasteiger partial charge in [-0.25, -0.2) is 9.97 Å². The second-order valence-electron chi connectivity index (χ2n) is 4.68. The van der Waals surface area contributed by atoms with Crippen LogP contribution in [0.3, 0.4) is 0 Å². The summed E-state index contributed by atoms with van der Waals surface area (Å²) in [6.45, 7) is 1.78. The van der Waals surface area contributed by atoms with E-state index in [0.29, 0.717) is 0 Å². The number of amides is 1. The molecular weight excluding hydrogens is 382 g/mol. The Kier molecular flexibility index (Phi) is 4.46. The van der Waals surface area contributed by atoms with E-state index >= 15 is 0 Å². The van der Waals surface area contributed by atoms with Gasteiger partial charge < -0.3 is 5.73 Å². The molecule has 3 rings (SSSR count). The highest BCUT2D eigenvalue weighted by Gasteiger charge is 2.18. The zero-order valence-electron chi connectivity index (χ0n) is 11.6. The number of hydrogen-bond donors (Lipinski definition) is 1. The van der Waals surface area contributed by atoms with Gasteiger partial charge in [0.2, 0.25) is 5.91 Å². The Balaban J connectivity index is 2.12. The molecule has 0 saturated heterocycles. The number of nitrogens with zero attached hydrogens (tertiary/aromatic N) is 2. The van der Waals surface area contributed by atoms with Crippen molar-refractivity contribution in [2.45, 2.75) is 17.2 Å². The van der Waals surface area contributed by atoms with Crippen molar-refractivity contribution in [2.24, 2.45) is 5.73 Å². The van der Waals surface area contributed by atoms with Crippen LogP contribution >= 0.6 is 39.0 Å². The van der Waals surface area contributed by atoms with Crippen molar-refractivity contribution >= 4 is 55.2 Å². The summed E-state index contributed by atoms with van der Waals surface area (Å²) in [6.07, 6.45) is 1.53. The molecule has 22 heavy (non-hydrogen) atoms. The lowest BCUT2D eigenvalue weighted by molar-refractivity contribution is -0.117. The molecular formula is C15H12BrN3OS2. The van der Waals surface area contributed by atoms with Gasteiger partial charge in [0, 0.05) is 15.4 Å². The van der Waals surface area contributed by atoms with Gasteiger partial charge in [-0.1, -0.05) is 39.8 Å². The number of benzene rings is 1. The molecule has 1 atom stereocenters. The molecule has 1 aromatic carbocycles. The molecule has 0 radical (unpaired) electrons. The molecule has 2 N–H and O–H groups in total. The lowest BCUT2D eigenvalue weighted by atomic mass is 10.1. The van der Waals surface area contributed by atoms with E-state index < -0.39 is 0 Å². The first kappa shape index (κ1) is 15.5. The van der Waals surface area contributed by atoms with E-state index in [2.05, 4.69) is 31.3 Å². The maximum absolute atomic E-state index is 11.3. The van der Waals surface area contributed by atoms with E-state index in [0.717, 1.165) is 30.8 Å². The van der Waals surface area contributed by atoms with Crippen LogP contribution in [-0.2, 0) is 4.79 Å². The van der Waals surface area contributed by atoms with Crippen molar-refractivity contribution in [2.75, 3.05) is 0 Å². The molecule has 0 fully saturated rings. The molecule has 1 amide bonds. The van der Waals surface area contributed by atoms with Crippen LogP contribution < -0.4 is 5.73 Å². The number of hydrogen-bond acceptors (Lipinski definition) is 5. The van der Waals surface area contributed by atoms with Crippen molar-refractivity contribution in [1.29, 1.82) is 0 Å². The Labute approximate surface area is 144 Å². The highest BCUT2D eigenvalue weighted by atomic mass is 79.9. The number of primary amides is 1. The van der Waals surface area contributed by atoms with Gasteiger partial charge >= 0.3 is 0 Å². The third-order valence-corrected chi connectivity index (χ3v) is 5.71. The van der Waals surface area contributed by atoms with Gasteiger partial charge in [-0.15, -0.1) is 11.3 Å². The predicted octanol–water partition coefficient (Wildman–Crippen LogP) is 4.09. The predicted molar refractivity (Wildman–Crippen MR) is 95.1 cm³/mol. The molecule has 0 bridgehead atoms. The quantitative estimate of drug-likeness (QED) is 0.535. The van der Waals surface area contributed by atoms with E-state index in [1.54, 1.807) is 18.3 Å². The summed E-state index contributed by atoms with van der Waals surface area (Å²) in [6, 6.07) is 8.10. The van der Waals surface area contributed by atoms with Gasteiger partial charge in [0.25, 0.3) is 0 Å². The molecule has 0 aliphatic heterocycles. The molecule has 7 heteroatoms. The molecule has 0 aliphatic rings. The summed E-state index contributed by atoms with van der Waals surface area (Å²) < 4.78 is 1.03. The van der Waals surface area contributed by atoms with Crippen molar-refractivity contribution in [3.63, 3.8) is 0 Å². The Hall–Kier alpha value is -1.44. The molecule has 2 heterocycles. The maximum atomic E-state index is 11.3. The molecule has 2 aromatic heterocycles. The monoisotopic (exact) mass is 393 g/mol. The fourth-order valence-corrected chi connectivity index (χ4v) is 4.13. The lowest BCUT2D eigenvalue weighted by Crippen LogP contribution is -2.22. The minimum Gasteiger partial charge on any atom is -0.369 e. The van der Waals surface area contributed by atoms with Crippen LogP contribution in [0, 0.1) is 0 Å². The lowest BCUT2D eigenvalue weighted by Gasteiger charge is -2.08. The normalized spacial score (nSPS) is 12.5. The van der Waals surface area contributed by atoms with Gasteiger partial charge in [0.15, 0.2) is 0 Å². The van der Waals surface area contributed by atoms with Crippen molar-refractivity contribution in [3.05, 3.63) is 40.4 Å². The highest BCUT2D eigenvalue weighted by Crippen LogP contribution is 2.39. The topological polar surface area (TPSA) is 68.9 Å². The first-order valence-electron chi connectivity index (χ1n) is 6.50. The van der Waals surface area contributed by atoms with E-state index in [1.165, 1.54) is 18.1 Å². The summed E-state index contributed by atoms with van der Waals surface area (Å²) in [7, 11) is 0. The van der Waals surface area contributed by atoms with Crippen LogP contribution in [0.4, 0.5) is 0 Å². The fourth-order valence-electron chi connectivity index (χ4n) is 2.00. The Bertz CT molecular complexity index is 832. The van der Waals surface area contributed by atoms with Crippen LogP contribution in [-0.4, -0.2) is 21.1 Å². The largest absolute Gasteiger partial charge is 0.369 e. The summed E-state index contributed by atoms with van der Waals surface area (Å²) in [5.74, 6) is -0.350. The molecule has 112 valence electrons. The van der Waals surface area contributed by atoms with Gasteiger partial charge in [0.1, 0.15) is 16.2 Å². The van der Waals surface area contributed by atoms with E-state index in [4.69, 9.17) is 5.73 Å². The number of thioether (sulfide) groups is 1. The van der Waals surface area contributed by atoms with Crippen LogP contribution in [0.1, 0.15) is 6.92 Å². The molecule has 1 unspecified atom stereocenters. The van der Waals surface area contributed by atoms with Crippen LogP contribution in [0.25, 0.3) is 21.3 Å². The zero-order chi connectivity index (χ0) is 15.7. The maximum Gasteiger partial charge on any atom is 0.230 e. The third kappa shape index (κ3) is 3.02. The molecule has 0 spiro atoms. The van der Waals surface area contributed by atoms with Crippen LogP contribution in [0.2, 0.25) is 0 Å². The van der Waals surface area contributed by atoms with Crippen LogP contribution in [0.5, 0.6) is 0 Å². The number of halogens is 1. The number of fused-ring (bicyclic) bond motifs is 1. The van der Waals surface area contributed by atoms with Crippen molar-refractivity contribution < 1.29 is 4.79 Å². The van der Waals surface area contributed by atoms with E-state index in [9.17, 15) is 4.79 Å². The Morgan fingerprint density at radius 3 is 2.73 bits per heavy atom. The zero-order valence-corrected chi connectivity index (χ0v) is 14.8. The Morgan fingerprint density at radius 2 is 2.05 bits per heavy atom. The second-order valence-corrected chi connectivity index (χ2v) is 7.78. The van der Waals surface area contributed by atoms with Crippen LogP contribution in [0.15, 0.2) is 45.5 Å². The summed E-state index contributed by atoms with van der Waals surface area (Å²) in [5.41, 5.74) is 7.53. The molecule has 0 saturated carbocycles. The summed E-state index contributed by atoms with van der Waals surface area (Å²) in [4.78, 5) is 20.9. The average Bonchev–Trinajstić information content (AvgIpc) is 2.93. The number of rotatable bonds is 4. The van der Waals surface area contributed by atoms with E-state index in [-0.39, 0.29) is 11.2 Å². The minimum absolute atomic E-state index is 0.337. The summed E-state index contributed by atoms with van der Waals surface area (Å²) in [5, 5.41) is 3.50. The molecule has 4 nitrogen and oxygen atoms in total. The smallest absolute Gasteiger partial charge is 0.230 e. The first-order valence-corrected chi connectivity index (χ1v) is 9.05. The summed E-state index contributed by atoms with van der Waals surface area (Å²) >= 11 is 6.38. The second kappa shape index (κ2) is 6.36. The standard InChI is InChI=1S/C15H12BrN3OS2/c1-8(13(17)20)22-15-12-11(6-21-14(12)18-7-19-15)9-2-4-10(16)5-3-9/h2-8H,1H3,(H2,17,20). The van der Waals surface area contributed by atoms with Gasteiger partial charge in [-0.2, -0.15) is 0 Å². The molecule has 3 aromatic rings. The van der Waals surface area contributed by atoms with Gasteiger partial charge in [-0.3, -0.25) is 4.79 Å². The van der Waals surface area contributed by atoms with Gasteiger partial charge in [0.05, 0.1) is 10.6 Å². The number of aromatic nitrogens is 2. The third-order valence-electron chi connectivity index (χ3n) is 3.18. The van der Waals surface area contributed by atoms with E-state index in [1.807, 2.05) is 24.3 Å². The highest BCUT2D eigenvalue weighted by molar-refractivity contribution is 9.10. The number of thiophene rings is 1. The average molecular weight is 394 g/mol. The first-order chi connectivity index (χ1) is 10.6. The number of carbonyl (C=O) groups excluding carboxylic acids is 1. The minimum atomic E-state index is -0.350. The SMILES string of the molecule is CC(Sc1ncnc2scc(-c3ccc(Br)cc3)c12)C(N)=O. The van der Waals surface area contributed by atoms with Gasteiger partial charge in [-0.05, 0) is 24.6 Å².